The van der Waals surface area contributed by atoms with E-state index >= 15 is 0 Å². The van der Waals surface area contributed by atoms with Crippen LogP contribution >= 0.6 is 55.1 Å². The van der Waals surface area contributed by atoms with Crippen molar-refractivity contribution in [3.63, 3.8) is 0 Å². The lowest BCUT2D eigenvalue weighted by Gasteiger charge is -2.11. The number of carbonyl (C=O) groups is 1. The van der Waals surface area contributed by atoms with Crippen LogP contribution in [0.15, 0.2) is 36.4 Å². The van der Waals surface area contributed by atoms with E-state index in [1.807, 2.05) is 0 Å². The number of carbonyl (C=O) groups excluding carboxylic acids is 1. The number of halogens is 4. The van der Waals surface area contributed by atoms with Crippen LogP contribution in [0, 0.1) is 0 Å². The second kappa shape index (κ2) is 7.08. The summed E-state index contributed by atoms with van der Waals surface area (Å²) in [6, 6.07) is 10.7. The van der Waals surface area contributed by atoms with Crippen molar-refractivity contribution in [1.29, 1.82) is 0 Å². The zero-order valence-electron chi connectivity index (χ0n) is 10.3. The maximum absolute atomic E-state index is 12.8. The Kier molecular flexibility index (Phi) is 5.67. The molecule has 0 saturated heterocycles. The summed E-state index contributed by atoms with van der Waals surface area (Å²) in [5, 5.41) is 2.21. The fraction of sp³-hybridized carbons (Fsp3) is 0.133. The molecule has 1 nitrogen and oxygen atoms in total. The summed E-state index contributed by atoms with van der Waals surface area (Å²) in [5.41, 5.74) is 2.78. The Hall–Kier alpha value is -0.350. The Morgan fingerprint density at radius 1 is 0.850 bits per heavy atom. The van der Waals surface area contributed by atoms with Gasteiger partial charge in [-0.1, -0.05) is 79.3 Å². The van der Waals surface area contributed by atoms with Crippen LogP contribution in [-0.2, 0) is 10.7 Å². The van der Waals surface area contributed by atoms with E-state index in [-0.39, 0.29) is 5.78 Å². The van der Waals surface area contributed by atoms with Crippen LogP contribution in [-0.4, -0.2) is 5.78 Å². The molecule has 2 aromatic rings. The number of hydrogen-bond donors (Lipinski definition) is 0. The van der Waals surface area contributed by atoms with Crippen molar-refractivity contribution in [3.05, 3.63) is 68.7 Å². The first kappa shape index (κ1) is 16.0. The SMILES string of the molecule is O=C(c1cccc(Cl)c1CBr)c1cccc(Cl)c1CBr. The van der Waals surface area contributed by atoms with Crippen LogP contribution in [0.1, 0.15) is 27.0 Å². The molecule has 0 aliphatic heterocycles. The zero-order chi connectivity index (χ0) is 14.7. The van der Waals surface area contributed by atoms with Gasteiger partial charge in [0.15, 0.2) is 5.78 Å². The molecule has 0 aromatic heterocycles. The predicted molar refractivity (Wildman–Crippen MR) is 91.6 cm³/mol. The topological polar surface area (TPSA) is 17.1 Å². The molecular weight excluding hydrogens is 427 g/mol. The van der Waals surface area contributed by atoms with Crippen molar-refractivity contribution in [1.82, 2.24) is 0 Å². The Morgan fingerprint density at radius 2 is 1.25 bits per heavy atom. The first-order chi connectivity index (χ1) is 9.60. The molecule has 0 spiro atoms. The highest BCUT2D eigenvalue weighted by Gasteiger charge is 2.19. The molecule has 2 rings (SSSR count). The molecule has 0 saturated carbocycles. The van der Waals surface area contributed by atoms with Crippen LogP contribution in [0.4, 0.5) is 0 Å². The number of rotatable bonds is 4. The summed E-state index contributed by atoms with van der Waals surface area (Å²) in [6.45, 7) is 0. The molecule has 0 atom stereocenters. The number of ketones is 1. The highest BCUT2D eigenvalue weighted by molar-refractivity contribution is 9.08. The van der Waals surface area contributed by atoms with Gasteiger partial charge in [0.05, 0.1) is 0 Å². The largest absolute Gasteiger partial charge is 0.289 e. The van der Waals surface area contributed by atoms with E-state index in [4.69, 9.17) is 23.2 Å². The van der Waals surface area contributed by atoms with Gasteiger partial charge in [0, 0.05) is 31.8 Å². The van der Waals surface area contributed by atoms with E-state index in [1.54, 1.807) is 36.4 Å². The lowest BCUT2D eigenvalue weighted by molar-refractivity contribution is 0.103. The predicted octanol–water partition coefficient (Wildman–Crippen LogP) is 6.01. The van der Waals surface area contributed by atoms with Crippen molar-refractivity contribution in [2.45, 2.75) is 10.7 Å². The number of benzene rings is 2. The molecule has 0 bridgehead atoms. The van der Waals surface area contributed by atoms with Gasteiger partial charge in [0.25, 0.3) is 0 Å². The summed E-state index contributed by atoms with van der Waals surface area (Å²) < 4.78 is 0. The lowest BCUT2D eigenvalue weighted by Crippen LogP contribution is -2.08. The van der Waals surface area contributed by atoms with Crippen LogP contribution in [0.25, 0.3) is 0 Å². The van der Waals surface area contributed by atoms with Gasteiger partial charge in [-0.15, -0.1) is 0 Å². The van der Waals surface area contributed by atoms with Crippen molar-refractivity contribution in [2.75, 3.05) is 0 Å². The van der Waals surface area contributed by atoms with Gasteiger partial charge in [-0.2, -0.15) is 0 Å². The van der Waals surface area contributed by atoms with Crippen molar-refractivity contribution in [3.8, 4) is 0 Å². The molecule has 0 amide bonds. The number of hydrogen-bond acceptors (Lipinski definition) is 1. The molecule has 5 heteroatoms. The zero-order valence-corrected chi connectivity index (χ0v) is 15.0. The Balaban J connectivity index is 2.58. The van der Waals surface area contributed by atoms with Gasteiger partial charge in [-0.3, -0.25) is 4.79 Å². The molecule has 20 heavy (non-hydrogen) atoms. The van der Waals surface area contributed by atoms with Crippen LogP contribution in [0.5, 0.6) is 0 Å². The molecule has 2 aromatic carbocycles. The highest BCUT2D eigenvalue weighted by atomic mass is 79.9. The third kappa shape index (κ3) is 3.11. The normalized spacial score (nSPS) is 10.6. The monoisotopic (exact) mass is 434 g/mol. The Labute approximate surface area is 144 Å². The molecule has 0 aliphatic carbocycles. The van der Waals surface area contributed by atoms with Crippen LogP contribution < -0.4 is 0 Å². The second-order valence-corrected chi connectivity index (χ2v) is 6.06. The van der Waals surface area contributed by atoms with Gasteiger partial charge >= 0.3 is 0 Å². The van der Waals surface area contributed by atoms with Gasteiger partial charge in [0.1, 0.15) is 0 Å². The van der Waals surface area contributed by atoms with Crippen LogP contribution in [0.2, 0.25) is 10.0 Å². The Bertz CT molecular complexity index is 601. The van der Waals surface area contributed by atoms with E-state index in [1.165, 1.54) is 0 Å². The van der Waals surface area contributed by atoms with Gasteiger partial charge in [-0.05, 0) is 23.3 Å². The standard InChI is InChI=1S/C15H10Br2Cl2O/c16-7-11-9(3-1-5-13(11)18)15(20)10-4-2-6-14(19)12(10)8-17/h1-6H,7-8H2. The molecule has 0 radical (unpaired) electrons. The van der Waals surface area contributed by atoms with Crippen LogP contribution in [0.3, 0.4) is 0 Å². The minimum Gasteiger partial charge on any atom is -0.289 e. The van der Waals surface area contributed by atoms with E-state index in [2.05, 4.69) is 31.9 Å². The fourth-order valence-corrected chi connectivity index (χ4v) is 3.97. The first-order valence-electron chi connectivity index (χ1n) is 5.81. The fourth-order valence-electron chi connectivity index (χ4n) is 1.96. The van der Waals surface area contributed by atoms with E-state index in [9.17, 15) is 4.79 Å². The Morgan fingerprint density at radius 3 is 1.60 bits per heavy atom. The van der Waals surface area contributed by atoms with Crippen molar-refractivity contribution >= 4 is 60.8 Å². The lowest BCUT2D eigenvalue weighted by atomic mass is 9.96. The van der Waals surface area contributed by atoms with Crippen molar-refractivity contribution < 1.29 is 4.79 Å². The maximum atomic E-state index is 12.8. The first-order valence-corrected chi connectivity index (χ1v) is 8.81. The third-order valence-corrected chi connectivity index (χ3v) is 4.82. The highest BCUT2D eigenvalue weighted by Crippen LogP contribution is 2.28. The summed E-state index contributed by atoms with van der Waals surface area (Å²) in [6.07, 6.45) is 0. The van der Waals surface area contributed by atoms with Gasteiger partial charge in [-0.25, -0.2) is 0 Å². The molecule has 0 heterocycles. The average molecular weight is 437 g/mol. The smallest absolute Gasteiger partial charge is 0.193 e. The summed E-state index contributed by atoms with van der Waals surface area (Å²) in [5.74, 6) is -0.0705. The van der Waals surface area contributed by atoms with Gasteiger partial charge in [0.2, 0.25) is 0 Å². The summed E-state index contributed by atoms with van der Waals surface area (Å²) >= 11 is 19.1. The molecule has 0 unspecified atom stereocenters. The average Bonchev–Trinajstić information content (AvgIpc) is 2.46. The minimum atomic E-state index is -0.0705. The van der Waals surface area contributed by atoms with Crippen molar-refractivity contribution in [2.24, 2.45) is 0 Å². The minimum absolute atomic E-state index is 0.0705. The third-order valence-electron chi connectivity index (χ3n) is 2.99. The van der Waals surface area contributed by atoms with Gasteiger partial charge < -0.3 is 0 Å². The molecule has 0 fully saturated rings. The van der Waals surface area contributed by atoms with E-state index in [0.29, 0.717) is 31.8 Å². The molecule has 0 N–H and O–H groups in total. The number of alkyl halides is 2. The quantitative estimate of drug-likeness (QED) is 0.423. The molecule has 104 valence electrons. The molecular formula is C15H10Br2Cl2O. The van der Waals surface area contributed by atoms with E-state index < -0.39 is 0 Å². The maximum Gasteiger partial charge on any atom is 0.193 e. The molecule has 0 aliphatic rings. The summed E-state index contributed by atoms with van der Waals surface area (Å²) in [4.78, 5) is 12.8. The second-order valence-electron chi connectivity index (χ2n) is 4.13. The summed E-state index contributed by atoms with van der Waals surface area (Å²) in [7, 11) is 0. The van der Waals surface area contributed by atoms with E-state index in [0.717, 1.165) is 11.1 Å².